The average molecular weight is 168 g/mol. The lowest BCUT2D eigenvalue weighted by atomic mass is 9.95. The van der Waals surface area contributed by atoms with Crippen LogP contribution in [0.25, 0.3) is 0 Å². The zero-order chi connectivity index (χ0) is 8.39. The van der Waals surface area contributed by atoms with Gasteiger partial charge in [-0.15, -0.1) is 0 Å². The second kappa shape index (κ2) is 3.75. The Kier molecular flexibility index (Phi) is 2.66. The Morgan fingerprint density at radius 3 is 3.00 bits per heavy atom. The lowest BCUT2D eigenvalue weighted by Crippen LogP contribution is -2.51. The van der Waals surface area contributed by atoms with Crippen LogP contribution < -0.4 is 5.32 Å². The summed E-state index contributed by atoms with van der Waals surface area (Å²) in [5.74, 6) is 0. The molecule has 0 saturated carbocycles. The number of fused-ring (bicyclic) bond motifs is 1. The van der Waals surface area contributed by atoms with E-state index in [1.165, 1.54) is 45.2 Å². The summed E-state index contributed by atoms with van der Waals surface area (Å²) in [6.45, 7) is 2.55. The summed E-state index contributed by atoms with van der Waals surface area (Å²) in [6, 6.07) is 1.63. The van der Waals surface area contributed by atoms with E-state index in [-0.39, 0.29) is 0 Å². The third kappa shape index (κ3) is 1.64. The number of likely N-dealkylation sites (tertiary alicyclic amines) is 1. The predicted octanol–water partition coefficient (Wildman–Crippen LogP) is 1.22. The van der Waals surface area contributed by atoms with Crippen molar-refractivity contribution in [1.82, 2.24) is 10.2 Å². The molecule has 12 heavy (non-hydrogen) atoms. The standard InChI is InChI=1S/C10H20N2/c1-12-8-3-2-5-9-10(12)6-4-7-11-9/h9-11H,2-8H2,1H3. The molecule has 0 spiro atoms. The first-order chi connectivity index (χ1) is 5.88. The van der Waals surface area contributed by atoms with E-state index in [1.54, 1.807) is 0 Å². The van der Waals surface area contributed by atoms with Crippen molar-refractivity contribution in [1.29, 1.82) is 0 Å². The van der Waals surface area contributed by atoms with E-state index in [0.29, 0.717) is 0 Å². The highest BCUT2D eigenvalue weighted by molar-refractivity contribution is 4.89. The van der Waals surface area contributed by atoms with Crippen molar-refractivity contribution in [2.75, 3.05) is 20.1 Å². The first-order valence-electron chi connectivity index (χ1n) is 5.31. The van der Waals surface area contributed by atoms with Gasteiger partial charge in [-0.25, -0.2) is 0 Å². The van der Waals surface area contributed by atoms with Gasteiger partial charge in [0.1, 0.15) is 0 Å². The molecule has 2 unspecified atom stereocenters. The highest BCUT2D eigenvalue weighted by atomic mass is 15.2. The van der Waals surface area contributed by atoms with Crippen molar-refractivity contribution >= 4 is 0 Å². The topological polar surface area (TPSA) is 15.3 Å². The van der Waals surface area contributed by atoms with Gasteiger partial charge in [-0.05, 0) is 45.8 Å². The molecule has 1 N–H and O–H groups in total. The molecule has 0 amide bonds. The maximum Gasteiger partial charge on any atom is 0.0246 e. The Bertz CT molecular complexity index is 147. The zero-order valence-electron chi connectivity index (χ0n) is 8.05. The van der Waals surface area contributed by atoms with Crippen molar-refractivity contribution in [3.63, 3.8) is 0 Å². The molecule has 0 aromatic heterocycles. The fraction of sp³-hybridized carbons (Fsp3) is 1.00. The highest BCUT2D eigenvalue weighted by Gasteiger charge is 2.28. The van der Waals surface area contributed by atoms with Crippen LogP contribution in [0.15, 0.2) is 0 Å². The minimum atomic E-state index is 0.797. The molecule has 2 rings (SSSR count). The van der Waals surface area contributed by atoms with Crippen molar-refractivity contribution in [3.8, 4) is 0 Å². The average Bonchev–Trinajstić information content (AvgIpc) is 2.29. The Morgan fingerprint density at radius 2 is 2.08 bits per heavy atom. The van der Waals surface area contributed by atoms with E-state index in [2.05, 4.69) is 17.3 Å². The van der Waals surface area contributed by atoms with Crippen LogP contribution in [0.5, 0.6) is 0 Å². The van der Waals surface area contributed by atoms with Crippen LogP contribution in [0.2, 0.25) is 0 Å². The lowest BCUT2D eigenvalue weighted by molar-refractivity contribution is 0.170. The summed E-state index contributed by atoms with van der Waals surface area (Å²) in [5.41, 5.74) is 0. The lowest BCUT2D eigenvalue weighted by Gasteiger charge is -2.36. The molecule has 0 aliphatic carbocycles. The molecule has 2 nitrogen and oxygen atoms in total. The first kappa shape index (κ1) is 8.52. The number of nitrogens with one attached hydrogen (secondary N) is 1. The molecule has 2 heterocycles. The van der Waals surface area contributed by atoms with E-state index < -0.39 is 0 Å². The van der Waals surface area contributed by atoms with E-state index in [9.17, 15) is 0 Å². The Balaban J connectivity index is 2.01. The smallest absolute Gasteiger partial charge is 0.0246 e. The minimum absolute atomic E-state index is 0.797. The molecular weight excluding hydrogens is 148 g/mol. The number of nitrogens with zero attached hydrogens (tertiary/aromatic N) is 1. The number of likely N-dealkylation sites (N-methyl/N-ethyl adjacent to an activating group) is 1. The number of hydrogen-bond acceptors (Lipinski definition) is 2. The molecule has 0 aromatic carbocycles. The molecule has 0 aromatic rings. The summed E-state index contributed by atoms with van der Waals surface area (Å²) in [5, 5.41) is 3.65. The van der Waals surface area contributed by atoms with Crippen molar-refractivity contribution in [3.05, 3.63) is 0 Å². The third-order valence-corrected chi connectivity index (χ3v) is 3.39. The van der Waals surface area contributed by atoms with Crippen LogP contribution in [-0.2, 0) is 0 Å². The van der Waals surface area contributed by atoms with Gasteiger partial charge in [0.25, 0.3) is 0 Å². The van der Waals surface area contributed by atoms with Gasteiger partial charge in [-0.1, -0.05) is 6.42 Å². The molecule has 2 heteroatoms. The third-order valence-electron chi connectivity index (χ3n) is 3.39. The number of rotatable bonds is 0. The van der Waals surface area contributed by atoms with Gasteiger partial charge in [-0.3, -0.25) is 0 Å². The zero-order valence-corrected chi connectivity index (χ0v) is 8.05. The Morgan fingerprint density at radius 1 is 1.17 bits per heavy atom. The molecule has 2 aliphatic rings. The molecule has 0 radical (unpaired) electrons. The van der Waals surface area contributed by atoms with Crippen LogP contribution in [0, 0.1) is 0 Å². The van der Waals surface area contributed by atoms with Gasteiger partial charge in [0.15, 0.2) is 0 Å². The van der Waals surface area contributed by atoms with Crippen LogP contribution in [-0.4, -0.2) is 37.1 Å². The monoisotopic (exact) mass is 168 g/mol. The van der Waals surface area contributed by atoms with Gasteiger partial charge in [0, 0.05) is 12.1 Å². The second-order valence-electron chi connectivity index (χ2n) is 4.25. The largest absolute Gasteiger partial charge is 0.312 e. The van der Waals surface area contributed by atoms with Gasteiger partial charge >= 0.3 is 0 Å². The minimum Gasteiger partial charge on any atom is -0.312 e. The predicted molar refractivity (Wildman–Crippen MR) is 51.3 cm³/mol. The summed E-state index contributed by atoms with van der Waals surface area (Å²) >= 11 is 0. The Hall–Kier alpha value is -0.0800. The van der Waals surface area contributed by atoms with Crippen molar-refractivity contribution < 1.29 is 0 Å². The van der Waals surface area contributed by atoms with Crippen molar-refractivity contribution in [2.24, 2.45) is 0 Å². The fourth-order valence-corrected chi connectivity index (χ4v) is 2.65. The van der Waals surface area contributed by atoms with Gasteiger partial charge in [0.2, 0.25) is 0 Å². The maximum atomic E-state index is 3.65. The second-order valence-corrected chi connectivity index (χ2v) is 4.25. The van der Waals surface area contributed by atoms with Crippen molar-refractivity contribution in [2.45, 2.75) is 44.2 Å². The summed E-state index contributed by atoms with van der Waals surface area (Å²) in [4.78, 5) is 2.56. The molecule has 2 saturated heterocycles. The summed E-state index contributed by atoms with van der Waals surface area (Å²) < 4.78 is 0. The number of hydrogen-bond donors (Lipinski definition) is 1. The van der Waals surface area contributed by atoms with Gasteiger partial charge in [0.05, 0.1) is 0 Å². The van der Waals surface area contributed by atoms with Crippen LogP contribution in [0.4, 0.5) is 0 Å². The maximum absolute atomic E-state index is 3.65. The normalized spacial score (nSPS) is 38.8. The molecule has 2 fully saturated rings. The van der Waals surface area contributed by atoms with Crippen LogP contribution in [0.3, 0.4) is 0 Å². The molecule has 0 bridgehead atoms. The van der Waals surface area contributed by atoms with Gasteiger partial charge < -0.3 is 10.2 Å². The fourth-order valence-electron chi connectivity index (χ4n) is 2.65. The van der Waals surface area contributed by atoms with E-state index >= 15 is 0 Å². The van der Waals surface area contributed by atoms with E-state index in [0.717, 1.165) is 12.1 Å². The molecule has 2 atom stereocenters. The SMILES string of the molecule is CN1CCCCC2NCCCC21. The van der Waals surface area contributed by atoms with E-state index in [1.807, 2.05) is 0 Å². The first-order valence-corrected chi connectivity index (χ1v) is 5.31. The quantitative estimate of drug-likeness (QED) is 0.585. The molecule has 70 valence electrons. The molecule has 2 aliphatic heterocycles. The summed E-state index contributed by atoms with van der Waals surface area (Å²) in [7, 11) is 2.29. The highest BCUT2D eigenvalue weighted by Crippen LogP contribution is 2.22. The number of piperidine rings is 1. The Labute approximate surface area is 75.3 Å². The van der Waals surface area contributed by atoms with Gasteiger partial charge in [-0.2, -0.15) is 0 Å². The summed E-state index contributed by atoms with van der Waals surface area (Å²) in [6.07, 6.45) is 6.98. The van der Waals surface area contributed by atoms with E-state index in [4.69, 9.17) is 0 Å². The van der Waals surface area contributed by atoms with Crippen LogP contribution >= 0.6 is 0 Å². The molecular formula is C10H20N2. The van der Waals surface area contributed by atoms with Crippen LogP contribution in [0.1, 0.15) is 32.1 Å².